The monoisotopic (exact) mass is 323 g/mol. The van der Waals surface area contributed by atoms with E-state index in [9.17, 15) is 16.8 Å². The molecule has 20 heavy (non-hydrogen) atoms. The molecule has 0 amide bonds. The lowest BCUT2D eigenvalue weighted by Gasteiger charge is -2.32. The second kappa shape index (κ2) is 5.41. The fraction of sp³-hybridized carbons (Fsp3) is 0.667. The molecule has 9 nitrogen and oxygen atoms in total. The van der Waals surface area contributed by atoms with Crippen LogP contribution in [-0.4, -0.2) is 68.1 Å². The minimum absolute atomic E-state index is 0.0206. The van der Waals surface area contributed by atoms with Gasteiger partial charge in [0, 0.05) is 38.3 Å². The van der Waals surface area contributed by atoms with Crippen molar-refractivity contribution in [3.05, 3.63) is 11.8 Å². The average molecular weight is 323 g/mol. The lowest BCUT2D eigenvalue weighted by atomic mass is 10.4. The number of aromatic amines is 1. The SMILES string of the molecule is CS(=O)(=O)N1CCN(S(=O)(=O)c2[nH]ncc2CN)CC1. The Kier molecular flexibility index (Phi) is 4.16. The van der Waals surface area contributed by atoms with E-state index in [1.807, 2.05) is 0 Å². The molecule has 1 aliphatic rings. The third kappa shape index (κ3) is 2.86. The molecule has 0 spiro atoms. The molecule has 3 N–H and O–H groups in total. The van der Waals surface area contributed by atoms with Gasteiger partial charge in [-0.2, -0.15) is 13.7 Å². The Morgan fingerprint density at radius 3 is 2.25 bits per heavy atom. The molecule has 0 atom stereocenters. The number of nitrogens with two attached hydrogens (primary N) is 1. The molecule has 0 saturated carbocycles. The molecule has 1 aromatic heterocycles. The van der Waals surface area contributed by atoms with E-state index >= 15 is 0 Å². The summed E-state index contributed by atoms with van der Waals surface area (Å²) in [7, 11) is -7.01. The van der Waals surface area contributed by atoms with Gasteiger partial charge < -0.3 is 5.73 Å². The van der Waals surface area contributed by atoms with Crippen LogP contribution >= 0.6 is 0 Å². The van der Waals surface area contributed by atoms with Crippen LogP contribution in [0.15, 0.2) is 11.2 Å². The normalized spacial score (nSPS) is 19.3. The molecule has 1 fully saturated rings. The van der Waals surface area contributed by atoms with E-state index in [1.165, 1.54) is 14.8 Å². The van der Waals surface area contributed by atoms with Crippen molar-refractivity contribution in [2.45, 2.75) is 11.6 Å². The van der Waals surface area contributed by atoms with Gasteiger partial charge in [0.1, 0.15) is 0 Å². The Hall–Kier alpha value is -1.01. The van der Waals surface area contributed by atoms with E-state index in [4.69, 9.17) is 5.73 Å². The molecular formula is C9H17N5O4S2. The Morgan fingerprint density at radius 2 is 1.75 bits per heavy atom. The molecule has 0 aromatic carbocycles. The van der Waals surface area contributed by atoms with Gasteiger partial charge in [-0.3, -0.25) is 5.10 Å². The molecule has 0 aliphatic carbocycles. The zero-order chi connectivity index (χ0) is 15.0. The first-order chi connectivity index (χ1) is 9.26. The Labute approximate surface area is 117 Å². The van der Waals surface area contributed by atoms with Crippen LogP contribution in [-0.2, 0) is 26.6 Å². The Morgan fingerprint density at radius 1 is 1.20 bits per heavy atom. The first-order valence-corrected chi connectivity index (χ1v) is 9.23. The molecule has 2 rings (SSSR count). The third-order valence-electron chi connectivity index (χ3n) is 3.16. The van der Waals surface area contributed by atoms with Gasteiger partial charge in [0.25, 0.3) is 10.0 Å². The third-order valence-corrected chi connectivity index (χ3v) is 6.38. The number of nitrogens with zero attached hydrogens (tertiary/aromatic N) is 3. The molecule has 11 heteroatoms. The van der Waals surface area contributed by atoms with Gasteiger partial charge in [0.05, 0.1) is 12.5 Å². The molecule has 1 saturated heterocycles. The van der Waals surface area contributed by atoms with Crippen LogP contribution in [0.5, 0.6) is 0 Å². The molecule has 0 radical (unpaired) electrons. The maximum atomic E-state index is 12.4. The zero-order valence-corrected chi connectivity index (χ0v) is 12.6. The van der Waals surface area contributed by atoms with Crippen LogP contribution in [0.25, 0.3) is 0 Å². The maximum absolute atomic E-state index is 12.4. The lowest BCUT2D eigenvalue weighted by Crippen LogP contribution is -2.50. The van der Waals surface area contributed by atoms with E-state index in [1.54, 1.807) is 0 Å². The van der Waals surface area contributed by atoms with Crippen LogP contribution in [0.4, 0.5) is 0 Å². The van der Waals surface area contributed by atoms with Crippen LogP contribution in [0.2, 0.25) is 0 Å². The van der Waals surface area contributed by atoms with E-state index < -0.39 is 20.0 Å². The number of nitrogens with one attached hydrogen (secondary N) is 1. The number of H-pyrrole nitrogens is 1. The van der Waals surface area contributed by atoms with Crippen molar-refractivity contribution >= 4 is 20.0 Å². The average Bonchev–Trinajstić information content (AvgIpc) is 2.87. The van der Waals surface area contributed by atoms with Crippen molar-refractivity contribution in [1.29, 1.82) is 0 Å². The first kappa shape index (κ1) is 15.4. The van der Waals surface area contributed by atoms with E-state index in [2.05, 4.69) is 10.2 Å². The topological polar surface area (TPSA) is 129 Å². The highest BCUT2D eigenvalue weighted by Gasteiger charge is 2.33. The predicted molar refractivity (Wildman–Crippen MR) is 71.7 cm³/mol. The summed E-state index contributed by atoms with van der Waals surface area (Å²) in [5.74, 6) is 0. The fourth-order valence-electron chi connectivity index (χ4n) is 2.04. The smallest absolute Gasteiger partial charge is 0.260 e. The highest BCUT2D eigenvalue weighted by Crippen LogP contribution is 2.19. The van der Waals surface area contributed by atoms with Crippen LogP contribution in [0.1, 0.15) is 5.56 Å². The molecule has 0 unspecified atom stereocenters. The standard InChI is InChI=1S/C9H17N5O4S2/c1-19(15,16)13-2-4-14(5-3-13)20(17,18)9-8(6-10)7-11-12-9/h7H,2-6,10H2,1H3,(H,11,12). The summed E-state index contributed by atoms with van der Waals surface area (Å²) in [4.78, 5) is 0. The number of hydrogen-bond acceptors (Lipinski definition) is 6. The summed E-state index contributed by atoms with van der Waals surface area (Å²) in [5, 5.41) is 6.11. The summed E-state index contributed by atoms with van der Waals surface area (Å²) < 4.78 is 50.1. The van der Waals surface area contributed by atoms with Crippen LogP contribution in [0.3, 0.4) is 0 Å². The van der Waals surface area contributed by atoms with Crippen molar-refractivity contribution in [2.75, 3.05) is 32.4 Å². The number of piperazine rings is 1. The summed E-state index contributed by atoms with van der Waals surface area (Å²) in [6, 6.07) is 0. The van der Waals surface area contributed by atoms with E-state index in [-0.39, 0.29) is 37.7 Å². The summed E-state index contributed by atoms with van der Waals surface area (Å²) in [6.45, 7) is 0.569. The molecular weight excluding hydrogens is 306 g/mol. The maximum Gasteiger partial charge on any atom is 0.260 e. The Bertz CT molecular complexity index is 673. The molecule has 0 bridgehead atoms. The first-order valence-electron chi connectivity index (χ1n) is 5.94. The quantitative estimate of drug-likeness (QED) is 0.668. The predicted octanol–water partition coefficient (Wildman–Crippen LogP) is -1.87. The molecule has 114 valence electrons. The number of hydrogen-bond donors (Lipinski definition) is 2. The lowest BCUT2D eigenvalue weighted by molar-refractivity contribution is 0.273. The van der Waals surface area contributed by atoms with Crippen molar-refractivity contribution in [1.82, 2.24) is 18.8 Å². The van der Waals surface area contributed by atoms with Gasteiger partial charge in [0.2, 0.25) is 10.0 Å². The fourth-order valence-corrected chi connectivity index (χ4v) is 4.40. The zero-order valence-electron chi connectivity index (χ0n) is 11.0. The number of sulfonamides is 2. The second-order valence-corrected chi connectivity index (χ2v) is 8.35. The van der Waals surface area contributed by atoms with Crippen molar-refractivity contribution in [3.8, 4) is 0 Å². The Balaban J connectivity index is 2.18. The summed E-state index contributed by atoms with van der Waals surface area (Å²) in [6.07, 6.45) is 2.48. The summed E-state index contributed by atoms with van der Waals surface area (Å²) >= 11 is 0. The van der Waals surface area contributed by atoms with Gasteiger partial charge in [-0.15, -0.1) is 0 Å². The molecule has 2 heterocycles. The van der Waals surface area contributed by atoms with Crippen LogP contribution in [0, 0.1) is 0 Å². The van der Waals surface area contributed by atoms with Gasteiger partial charge in [-0.25, -0.2) is 16.8 Å². The van der Waals surface area contributed by atoms with Gasteiger partial charge >= 0.3 is 0 Å². The van der Waals surface area contributed by atoms with Gasteiger partial charge in [0.15, 0.2) is 5.03 Å². The minimum atomic E-state index is -3.72. The van der Waals surface area contributed by atoms with Gasteiger partial charge in [-0.1, -0.05) is 0 Å². The van der Waals surface area contributed by atoms with Crippen molar-refractivity contribution in [3.63, 3.8) is 0 Å². The number of aromatic nitrogens is 2. The van der Waals surface area contributed by atoms with Crippen molar-refractivity contribution < 1.29 is 16.8 Å². The highest BCUT2D eigenvalue weighted by atomic mass is 32.2. The molecule has 1 aromatic rings. The summed E-state index contributed by atoms with van der Waals surface area (Å²) in [5.41, 5.74) is 5.88. The van der Waals surface area contributed by atoms with Crippen LogP contribution < -0.4 is 5.73 Å². The molecule has 1 aliphatic heterocycles. The second-order valence-electron chi connectivity index (χ2n) is 4.49. The number of rotatable bonds is 4. The minimum Gasteiger partial charge on any atom is -0.326 e. The highest BCUT2D eigenvalue weighted by molar-refractivity contribution is 7.89. The van der Waals surface area contributed by atoms with E-state index in [0.29, 0.717) is 5.56 Å². The van der Waals surface area contributed by atoms with Gasteiger partial charge in [-0.05, 0) is 0 Å². The van der Waals surface area contributed by atoms with Crippen molar-refractivity contribution in [2.24, 2.45) is 5.73 Å². The van der Waals surface area contributed by atoms with E-state index in [0.717, 1.165) is 6.26 Å². The largest absolute Gasteiger partial charge is 0.326 e.